The van der Waals surface area contributed by atoms with Gasteiger partial charge in [-0.1, -0.05) is 80.9 Å². The second-order valence-corrected chi connectivity index (χ2v) is 10.6. The maximum atomic E-state index is 6.61. The lowest BCUT2D eigenvalue weighted by Gasteiger charge is -2.36. The van der Waals surface area contributed by atoms with Crippen molar-refractivity contribution in [2.75, 3.05) is 31.1 Å². The van der Waals surface area contributed by atoms with Crippen molar-refractivity contribution in [2.45, 2.75) is 39.7 Å². The number of aromatic nitrogens is 3. The van der Waals surface area contributed by atoms with Crippen molar-refractivity contribution in [1.29, 1.82) is 0 Å². The number of halogens is 1. The summed E-state index contributed by atoms with van der Waals surface area (Å²) in [5.41, 5.74) is 6.16. The molecule has 5 rings (SSSR count). The number of fused-ring (bicyclic) bond motifs is 1. The van der Waals surface area contributed by atoms with Crippen LogP contribution in [0.5, 0.6) is 0 Å². The molecule has 176 valence electrons. The molecule has 2 aromatic heterocycles. The third kappa shape index (κ3) is 4.42. The van der Waals surface area contributed by atoms with E-state index in [9.17, 15) is 0 Å². The number of nitrogens with zero attached hydrogens (tertiary/aromatic N) is 5. The second kappa shape index (κ2) is 9.05. The van der Waals surface area contributed by atoms with E-state index in [4.69, 9.17) is 21.7 Å². The standard InChI is InChI=1S/C28H32ClN5/c1-20-26(22-12-8-9-13-23(22)29)27-30-24(28(2,3)4)18-25(34(27)31-20)33-16-14-32(15-17-33)19-21-10-6-5-7-11-21/h5-13,18H,14-17,19H2,1-4H3. The molecule has 34 heavy (non-hydrogen) atoms. The lowest BCUT2D eigenvalue weighted by atomic mass is 9.91. The first-order valence-electron chi connectivity index (χ1n) is 12.0. The first kappa shape index (κ1) is 22.9. The zero-order valence-electron chi connectivity index (χ0n) is 20.4. The molecule has 0 unspecified atom stereocenters. The Kier molecular flexibility index (Phi) is 6.09. The summed E-state index contributed by atoms with van der Waals surface area (Å²) in [4.78, 5) is 10.1. The fraction of sp³-hybridized carbons (Fsp3) is 0.357. The predicted molar refractivity (Wildman–Crippen MR) is 141 cm³/mol. The molecular formula is C28H32ClN5. The highest BCUT2D eigenvalue weighted by atomic mass is 35.5. The molecule has 3 heterocycles. The van der Waals surface area contributed by atoms with Gasteiger partial charge in [0.2, 0.25) is 0 Å². The van der Waals surface area contributed by atoms with Crippen LogP contribution in [0, 0.1) is 6.92 Å². The van der Waals surface area contributed by atoms with Crippen molar-refractivity contribution >= 4 is 23.1 Å². The van der Waals surface area contributed by atoms with Crippen LogP contribution < -0.4 is 4.90 Å². The van der Waals surface area contributed by atoms with Crippen molar-refractivity contribution in [3.8, 4) is 11.1 Å². The summed E-state index contributed by atoms with van der Waals surface area (Å²) in [5, 5.41) is 5.68. The SMILES string of the molecule is Cc1nn2c(N3CCN(Cc4ccccc4)CC3)cc(C(C)(C)C)nc2c1-c1ccccc1Cl. The van der Waals surface area contributed by atoms with Gasteiger partial charge in [-0.25, -0.2) is 4.98 Å². The Morgan fingerprint density at radius 3 is 2.26 bits per heavy atom. The van der Waals surface area contributed by atoms with Crippen molar-refractivity contribution in [3.05, 3.63) is 82.6 Å². The molecule has 0 atom stereocenters. The summed E-state index contributed by atoms with van der Waals surface area (Å²) in [6.07, 6.45) is 0. The summed E-state index contributed by atoms with van der Waals surface area (Å²) in [7, 11) is 0. The Morgan fingerprint density at radius 1 is 0.912 bits per heavy atom. The largest absolute Gasteiger partial charge is 0.354 e. The van der Waals surface area contributed by atoms with Crippen LogP contribution in [0.15, 0.2) is 60.7 Å². The van der Waals surface area contributed by atoms with Crippen LogP contribution in [-0.4, -0.2) is 45.7 Å². The smallest absolute Gasteiger partial charge is 0.165 e. The minimum atomic E-state index is -0.0818. The predicted octanol–water partition coefficient (Wildman–Crippen LogP) is 5.98. The quantitative estimate of drug-likeness (QED) is 0.365. The molecule has 0 amide bonds. The van der Waals surface area contributed by atoms with Crippen LogP contribution in [0.4, 0.5) is 5.82 Å². The minimum Gasteiger partial charge on any atom is -0.354 e. The molecule has 5 nitrogen and oxygen atoms in total. The Morgan fingerprint density at radius 2 is 1.59 bits per heavy atom. The minimum absolute atomic E-state index is 0.0818. The van der Waals surface area contributed by atoms with E-state index in [1.165, 1.54) is 5.56 Å². The molecule has 0 N–H and O–H groups in total. The molecule has 2 aromatic carbocycles. The van der Waals surface area contributed by atoms with Gasteiger partial charge in [0.05, 0.1) is 17.0 Å². The number of benzene rings is 2. The summed E-state index contributed by atoms with van der Waals surface area (Å²) in [5.74, 6) is 1.11. The Bertz CT molecular complexity index is 1300. The molecule has 1 aliphatic heterocycles. The van der Waals surface area contributed by atoms with Gasteiger partial charge in [-0.2, -0.15) is 9.61 Å². The van der Waals surface area contributed by atoms with Crippen molar-refractivity contribution in [3.63, 3.8) is 0 Å². The fourth-order valence-corrected chi connectivity index (χ4v) is 4.90. The molecule has 1 saturated heterocycles. The molecule has 0 aliphatic carbocycles. The van der Waals surface area contributed by atoms with Gasteiger partial charge in [-0.05, 0) is 18.6 Å². The van der Waals surface area contributed by atoms with Crippen molar-refractivity contribution < 1.29 is 0 Å². The topological polar surface area (TPSA) is 36.7 Å². The van der Waals surface area contributed by atoms with Crippen LogP contribution in [0.25, 0.3) is 16.8 Å². The van der Waals surface area contributed by atoms with Crippen LogP contribution >= 0.6 is 11.6 Å². The second-order valence-electron chi connectivity index (χ2n) is 10.2. The molecule has 0 saturated carbocycles. The lowest BCUT2D eigenvalue weighted by Crippen LogP contribution is -2.46. The lowest BCUT2D eigenvalue weighted by molar-refractivity contribution is 0.249. The normalized spacial score (nSPS) is 15.3. The highest BCUT2D eigenvalue weighted by Crippen LogP contribution is 2.36. The van der Waals surface area contributed by atoms with Gasteiger partial charge >= 0.3 is 0 Å². The van der Waals surface area contributed by atoms with Gasteiger partial charge in [0.15, 0.2) is 5.65 Å². The molecule has 1 fully saturated rings. The zero-order chi connectivity index (χ0) is 23.9. The summed E-state index contributed by atoms with van der Waals surface area (Å²) in [6.45, 7) is 13.6. The molecular weight excluding hydrogens is 442 g/mol. The molecule has 0 radical (unpaired) electrons. The van der Waals surface area contributed by atoms with Gasteiger partial charge in [-0.15, -0.1) is 0 Å². The highest BCUT2D eigenvalue weighted by molar-refractivity contribution is 6.33. The average Bonchev–Trinajstić information content (AvgIpc) is 3.15. The van der Waals surface area contributed by atoms with E-state index >= 15 is 0 Å². The van der Waals surface area contributed by atoms with E-state index in [-0.39, 0.29) is 5.41 Å². The first-order valence-corrected chi connectivity index (χ1v) is 12.4. The van der Waals surface area contributed by atoms with Gasteiger partial charge in [0.1, 0.15) is 5.82 Å². The molecule has 0 bridgehead atoms. The third-order valence-electron chi connectivity index (χ3n) is 6.60. The van der Waals surface area contributed by atoms with Gasteiger partial charge < -0.3 is 4.90 Å². The number of anilines is 1. The summed E-state index contributed by atoms with van der Waals surface area (Å²) in [6, 6.07) is 20.9. The fourth-order valence-electron chi connectivity index (χ4n) is 4.67. The van der Waals surface area contributed by atoms with E-state index in [0.29, 0.717) is 0 Å². The van der Waals surface area contributed by atoms with Gasteiger partial charge in [-0.3, -0.25) is 4.90 Å². The monoisotopic (exact) mass is 473 g/mol. The molecule has 6 heteroatoms. The number of aryl methyl sites for hydroxylation is 1. The number of hydrogen-bond donors (Lipinski definition) is 0. The first-order chi connectivity index (χ1) is 16.3. The van der Waals surface area contributed by atoms with Crippen LogP contribution in [0.3, 0.4) is 0 Å². The zero-order valence-corrected chi connectivity index (χ0v) is 21.2. The van der Waals surface area contributed by atoms with Crippen molar-refractivity contribution in [1.82, 2.24) is 19.5 Å². The maximum Gasteiger partial charge on any atom is 0.165 e. The highest BCUT2D eigenvalue weighted by Gasteiger charge is 2.26. The van der Waals surface area contributed by atoms with Crippen LogP contribution in [0.1, 0.15) is 37.7 Å². The van der Waals surface area contributed by atoms with Crippen LogP contribution in [0.2, 0.25) is 5.02 Å². The molecule has 4 aromatic rings. The van der Waals surface area contributed by atoms with Crippen molar-refractivity contribution in [2.24, 2.45) is 0 Å². The third-order valence-corrected chi connectivity index (χ3v) is 6.93. The van der Waals surface area contributed by atoms with Gasteiger partial charge in [0, 0.05) is 54.8 Å². The molecule has 1 aliphatic rings. The van der Waals surface area contributed by atoms with E-state index in [1.54, 1.807) is 0 Å². The Hall–Kier alpha value is -2.89. The maximum absolute atomic E-state index is 6.61. The average molecular weight is 474 g/mol. The summed E-state index contributed by atoms with van der Waals surface area (Å²) >= 11 is 6.61. The molecule has 0 spiro atoms. The van der Waals surface area contributed by atoms with E-state index in [2.05, 4.69) is 73.0 Å². The van der Waals surface area contributed by atoms with Crippen LogP contribution in [-0.2, 0) is 12.0 Å². The number of piperazine rings is 1. The van der Waals surface area contributed by atoms with E-state index in [0.717, 1.165) is 71.7 Å². The summed E-state index contributed by atoms with van der Waals surface area (Å²) < 4.78 is 2.02. The Balaban J connectivity index is 1.52. The Labute approximate surface area is 207 Å². The van der Waals surface area contributed by atoms with Gasteiger partial charge in [0.25, 0.3) is 0 Å². The number of hydrogen-bond acceptors (Lipinski definition) is 4. The van der Waals surface area contributed by atoms with E-state index in [1.807, 2.05) is 29.6 Å². The number of rotatable bonds is 4. The van der Waals surface area contributed by atoms with E-state index < -0.39 is 0 Å².